The average molecular weight is 199 g/mol. The van der Waals surface area contributed by atoms with Gasteiger partial charge in [-0.25, -0.2) is 0 Å². The van der Waals surface area contributed by atoms with Gasteiger partial charge in [-0.05, 0) is 32.1 Å². The first kappa shape index (κ1) is 11.5. The smallest absolute Gasteiger partial charge is 0.323 e. The van der Waals surface area contributed by atoms with Gasteiger partial charge in [0.25, 0.3) is 0 Å². The number of carbonyl (C=O) groups is 1. The van der Waals surface area contributed by atoms with Gasteiger partial charge in [-0.3, -0.25) is 4.79 Å². The molecular weight excluding hydrogens is 178 g/mol. The van der Waals surface area contributed by atoms with Crippen molar-refractivity contribution in [2.45, 2.75) is 64.0 Å². The minimum absolute atomic E-state index is 0.138. The summed E-state index contributed by atoms with van der Waals surface area (Å²) in [5, 5.41) is 0. The Labute approximate surface area is 86.0 Å². The van der Waals surface area contributed by atoms with Crippen LogP contribution in [0, 0.1) is 0 Å². The third-order valence-electron chi connectivity index (χ3n) is 2.74. The Morgan fingerprint density at radius 2 is 2.07 bits per heavy atom. The number of ether oxygens (including phenoxy) is 1. The van der Waals surface area contributed by atoms with Crippen LogP contribution in [0.15, 0.2) is 0 Å². The first-order valence-electron chi connectivity index (χ1n) is 5.70. The van der Waals surface area contributed by atoms with E-state index in [2.05, 4.69) is 0 Å². The molecule has 3 heteroatoms. The van der Waals surface area contributed by atoms with E-state index in [1.54, 1.807) is 0 Å². The molecule has 0 aliphatic heterocycles. The van der Waals surface area contributed by atoms with Crippen molar-refractivity contribution in [3.8, 4) is 0 Å². The molecule has 0 spiro atoms. The van der Waals surface area contributed by atoms with Gasteiger partial charge in [0.05, 0.1) is 0 Å². The highest BCUT2D eigenvalue weighted by Gasteiger charge is 2.21. The van der Waals surface area contributed by atoms with E-state index in [0.717, 1.165) is 25.7 Å². The molecule has 1 fully saturated rings. The summed E-state index contributed by atoms with van der Waals surface area (Å²) in [7, 11) is 0. The summed E-state index contributed by atoms with van der Waals surface area (Å²) >= 11 is 0. The first-order chi connectivity index (χ1) is 6.74. The Hall–Kier alpha value is -0.570. The van der Waals surface area contributed by atoms with Crippen molar-refractivity contribution in [2.75, 3.05) is 0 Å². The van der Waals surface area contributed by atoms with E-state index in [-0.39, 0.29) is 12.1 Å². The van der Waals surface area contributed by atoms with Gasteiger partial charge in [-0.2, -0.15) is 0 Å². The average Bonchev–Trinajstić information content (AvgIpc) is 2.19. The fourth-order valence-electron chi connectivity index (χ4n) is 1.86. The van der Waals surface area contributed by atoms with Crippen LogP contribution in [-0.2, 0) is 9.53 Å². The van der Waals surface area contributed by atoms with Crippen molar-refractivity contribution >= 4 is 5.97 Å². The lowest BCUT2D eigenvalue weighted by molar-refractivity contribution is -0.152. The molecule has 1 saturated carbocycles. The summed E-state index contributed by atoms with van der Waals surface area (Å²) in [5.74, 6) is -0.209. The molecule has 0 bridgehead atoms. The SMILES string of the molecule is CCCC(N)C(=O)OC1CCCCC1. The molecule has 1 aliphatic rings. The first-order valence-corrected chi connectivity index (χ1v) is 5.70. The van der Waals surface area contributed by atoms with Crippen molar-refractivity contribution in [3.05, 3.63) is 0 Å². The maximum atomic E-state index is 11.5. The maximum absolute atomic E-state index is 11.5. The van der Waals surface area contributed by atoms with Gasteiger partial charge in [0.1, 0.15) is 12.1 Å². The third kappa shape index (κ3) is 3.66. The highest BCUT2D eigenvalue weighted by molar-refractivity contribution is 5.75. The van der Waals surface area contributed by atoms with Crippen molar-refractivity contribution in [1.29, 1.82) is 0 Å². The Morgan fingerprint density at radius 3 is 2.64 bits per heavy atom. The van der Waals surface area contributed by atoms with E-state index < -0.39 is 6.04 Å². The molecule has 1 rings (SSSR count). The number of esters is 1. The van der Waals surface area contributed by atoms with Crippen LogP contribution in [0.5, 0.6) is 0 Å². The summed E-state index contributed by atoms with van der Waals surface area (Å²) in [6.07, 6.45) is 7.47. The Morgan fingerprint density at radius 1 is 1.43 bits per heavy atom. The van der Waals surface area contributed by atoms with Gasteiger partial charge in [0.15, 0.2) is 0 Å². The third-order valence-corrected chi connectivity index (χ3v) is 2.74. The Kier molecular flexibility index (Phi) is 4.94. The standard InChI is InChI=1S/C11H21NO2/c1-2-6-10(12)11(13)14-9-7-4-3-5-8-9/h9-10H,2-8,12H2,1H3. The zero-order chi connectivity index (χ0) is 10.4. The van der Waals surface area contributed by atoms with E-state index >= 15 is 0 Å². The predicted octanol–water partition coefficient (Wildman–Crippen LogP) is 1.99. The van der Waals surface area contributed by atoms with E-state index in [1.807, 2.05) is 6.92 Å². The van der Waals surface area contributed by atoms with Crippen molar-refractivity contribution in [3.63, 3.8) is 0 Å². The largest absolute Gasteiger partial charge is 0.461 e. The fraction of sp³-hybridized carbons (Fsp3) is 0.909. The molecule has 1 aliphatic carbocycles. The second-order valence-electron chi connectivity index (χ2n) is 4.09. The van der Waals surface area contributed by atoms with Gasteiger partial charge in [0, 0.05) is 0 Å². The lowest BCUT2D eigenvalue weighted by Gasteiger charge is -2.23. The molecule has 0 aromatic rings. The quantitative estimate of drug-likeness (QED) is 0.704. The molecule has 82 valence electrons. The number of rotatable bonds is 4. The molecular formula is C11H21NO2. The molecule has 1 unspecified atom stereocenters. The van der Waals surface area contributed by atoms with E-state index in [0.29, 0.717) is 0 Å². The number of hydrogen-bond acceptors (Lipinski definition) is 3. The second kappa shape index (κ2) is 6.02. The van der Waals surface area contributed by atoms with Crippen LogP contribution in [0.25, 0.3) is 0 Å². The molecule has 0 heterocycles. The maximum Gasteiger partial charge on any atom is 0.323 e. The van der Waals surface area contributed by atoms with Crippen LogP contribution in [0.4, 0.5) is 0 Å². The van der Waals surface area contributed by atoms with Gasteiger partial charge in [0.2, 0.25) is 0 Å². The van der Waals surface area contributed by atoms with E-state index in [1.165, 1.54) is 19.3 Å². The summed E-state index contributed by atoms with van der Waals surface area (Å²) in [4.78, 5) is 11.5. The van der Waals surface area contributed by atoms with Gasteiger partial charge in [-0.1, -0.05) is 19.8 Å². The van der Waals surface area contributed by atoms with Gasteiger partial charge in [-0.15, -0.1) is 0 Å². The molecule has 14 heavy (non-hydrogen) atoms. The number of carbonyl (C=O) groups excluding carboxylic acids is 1. The zero-order valence-corrected chi connectivity index (χ0v) is 9.00. The van der Waals surface area contributed by atoms with Crippen LogP contribution in [0.2, 0.25) is 0 Å². The Bertz CT molecular complexity index is 176. The van der Waals surface area contributed by atoms with E-state index in [9.17, 15) is 4.79 Å². The summed E-state index contributed by atoms with van der Waals surface area (Å²) in [6.45, 7) is 2.02. The van der Waals surface area contributed by atoms with Crippen LogP contribution < -0.4 is 5.73 Å². The topological polar surface area (TPSA) is 52.3 Å². The van der Waals surface area contributed by atoms with Crippen molar-refractivity contribution < 1.29 is 9.53 Å². The predicted molar refractivity (Wildman–Crippen MR) is 55.8 cm³/mol. The molecule has 0 amide bonds. The molecule has 0 saturated heterocycles. The van der Waals surface area contributed by atoms with Crippen LogP contribution >= 0.6 is 0 Å². The number of nitrogens with two attached hydrogens (primary N) is 1. The van der Waals surface area contributed by atoms with Crippen molar-refractivity contribution in [2.24, 2.45) is 5.73 Å². The fourth-order valence-corrected chi connectivity index (χ4v) is 1.86. The monoisotopic (exact) mass is 199 g/mol. The van der Waals surface area contributed by atoms with Crippen LogP contribution in [-0.4, -0.2) is 18.1 Å². The lowest BCUT2D eigenvalue weighted by atomic mass is 9.98. The lowest BCUT2D eigenvalue weighted by Crippen LogP contribution is -2.35. The van der Waals surface area contributed by atoms with Crippen LogP contribution in [0.1, 0.15) is 51.9 Å². The normalized spacial score (nSPS) is 20.4. The molecule has 2 N–H and O–H groups in total. The summed E-state index contributed by atoms with van der Waals surface area (Å²) in [6, 6.07) is -0.415. The Balaban J connectivity index is 2.24. The summed E-state index contributed by atoms with van der Waals surface area (Å²) in [5.41, 5.74) is 5.67. The second-order valence-corrected chi connectivity index (χ2v) is 4.09. The highest BCUT2D eigenvalue weighted by Crippen LogP contribution is 2.20. The molecule has 0 aromatic heterocycles. The molecule has 0 aromatic carbocycles. The molecule has 0 radical (unpaired) electrons. The van der Waals surface area contributed by atoms with Crippen LogP contribution in [0.3, 0.4) is 0 Å². The zero-order valence-electron chi connectivity index (χ0n) is 9.00. The van der Waals surface area contributed by atoms with Gasteiger partial charge >= 0.3 is 5.97 Å². The summed E-state index contributed by atoms with van der Waals surface area (Å²) < 4.78 is 5.34. The minimum atomic E-state index is -0.415. The molecule has 1 atom stereocenters. The number of hydrogen-bond donors (Lipinski definition) is 1. The van der Waals surface area contributed by atoms with Gasteiger partial charge < -0.3 is 10.5 Å². The molecule has 3 nitrogen and oxygen atoms in total. The van der Waals surface area contributed by atoms with Crippen molar-refractivity contribution in [1.82, 2.24) is 0 Å². The highest BCUT2D eigenvalue weighted by atomic mass is 16.5. The minimum Gasteiger partial charge on any atom is -0.461 e. The van der Waals surface area contributed by atoms with E-state index in [4.69, 9.17) is 10.5 Å².